The number of amides is 1. The average molecular weight is 421 g/mol. The van der Waals surface area contributed by atoms with E-state index in [-0.39, 0.29) is 12.5 Å². The number of carbonyl (C=O) groups is 1. The van der Waals surface area contributed by atoms with E-state index in [4.69, 9.17) is 16.3 Å². The number of nitrogens with zero attached hydrogens (tertiary/aromatic N) is 3. The van der Waals surface area contributed by atoms with E-state index in [1.807, 2.05) is 62.4 Å². The van der Waals surface area contributed by atoms with E-state index < -0.39 is 0 Å². The molecule has 152 valence electrons. The van der Waals surface area contributed by atoms with Gasteiger partial charge in [-0.2, -0.15) is 10.1 Å². The first-order valence-electron chi connectivity index (χ1n) is 9.57. The van der Waals surface area contributed by atoms with E-state index in [1.54, 1.807) is 16.8 Å². The fourth-order valence-electron chi connectivity index (χ4n) is 3.29. The van der Waals surface area contributed by atoms with E-state index in [9.17, 15) is 4.79 Å². The quantitative estimate of drug-likeness (QED) is 0.502. The Morgan fingerprint density at radius 2 is 1.83 bits per heavy atom. The molecule has 1 amide bonds. The van der Waals surface area contributed by atoms with Crippen LogP contribution in [0.2, 0.25) is 5.02 Å². The van der Waals surface area contributed by atoms with Crippen molar-refractivity contribution >= 4 is 28.5 Å². The smallest absolute Gasteiger partial charge is 0.258 e. The largest absolute Gasteiger partial charge is 0.468 e. The second-order valence-electron chi connectivity index (χ2n) is 7.00. The summed E-state index contributed by atoms with van der Waals surface area (Å²) in [5.74, 6) is 0.163. The van der Waals surface area contributed by atoms with Gasteiger partial charge >= 0.3 is 0 Å². The molecular formula is C23H21ClN4O2. The number of aryl methyl sites for hydroxylation is 2. The van der Waals surface area contributed by atoms with Gasteiger partial charge in [-0.15, -0.1) is 0 Å². The molecule has 0 aliphatic carbocycles. The van der Waals surface area contributed by atoms with Gasteiger partial charge in [0.1, 0.15) is 0 Å². The van der Waals surface area contributed by atoms with Crippen LogP contribution in [0.5, 0.6) is 5.88 Å². The predicted octanol–water partition coefficient (Wildman–Crippen LogP) is 4.39. The molecule has 2 aromatic heterocycles. The zero-order valence-electron chi connectivity index (χ0n) is 16.7. The first-order chi connectivity index (χ1) is 14.5. The van der Waals surface area contributed by atoms with Crippen molar-refractivity contribution < 1.29 is 9.53 Å². The Morgan fingerprint density at radius 3 is 2.57 bits per heavy atom. The van der Waals surface area contributed by atoms with Gasteiger partial charge < -0.3 is 10.1 Å². The molecular weight excluding hydrogens is 400 g/mol. The second kappa shape index (κ2) is 8.55. The van der Waals surface area contributed by atoms with Crippen molar-refractivity contribution in [3.05, 3.63) is 82.5 Å². The number of para-hydroxylation sites is 1. The molecule has 0 saturated carbocycles. The summed E-state index contributed by atoms with van der Waals surface area (Å²) in [4.78, 5) is 16.8. The minimum Gasteiger partial charge on any atom is -0.468 e. The summed E-state index contributed by atoms with van der Waals surface area (Å²) in [6.07, 6.45) is 0. The van der Waals surface area contributed by atoms with Gasteiger partial charge in [0.2, 0.25) is 5.88 Å². The van der Waals surface area contributed by atoms with E-state index in [0.717, 1.165) is 27.9 Å². The molecule has 4 rings (SSSR count). The van der Waals surface area contributed by atoms with Crippen LogP contribution in [0.15, 0.2) is 60.7 Å². The van der Waals surface area contributed by atoms with Crippen LogP contribution < -0.4 is 10.1 Å². The molecule has 0 spiro atoms. The lowest BCUT2D eigenvalue weighted by Crippen LogP contribution is -2.28. The lowest BCUT2D eigenvalue weighted by atomic mass is 10.2. The molecule has 0 aliphatic rings. The number of nitrogens with one attached hydrogen (secondary N) is 1. The standard InChI is InChI=1S/C23H21ClN4O2/c1-15-12-21(30-14-20(29)25-13-17-8-10-18(24)11-9-17)26-23-22(15)16(2)27-28(23)19-6-4-3-5-7-19/h3-12H,13-14H2,1-2H3,(H,25,29). The van der Waals surface area contributed by atoms with Crippen LogP contribution in [-0.2, 0) is 11.3 Å². The minimum absolute atomic E-state index is 0.121. The summed E-state index contributed by atoms with van der Waals surface area (Å²) < 4.78 is 7.48. The Kier molecular flexibility index (Phi) is 5.68. The van der Waals surface area contributed by atoms with Crippen LogP contribution in [0.25, 0.3) is 16.7 Å². The normalized spacial score (nSPS) is 10.9. The molecule has 0 saturated heterocycles. The van der Waals surface area contributed by atoms with E-state index in [2.05, 4.69) is 15.4 Å². The number of ether oxygens (including phenoxy) is 1. The van der Waals surface area contributed by atoms with Crippen LogP contribution >= 0.6 is 11.6 Å². The van der Waals surface area contributed by atoms with Crippen LogP contribution in [0.3, 0.4) is 0 Å². The first-order valence-corrected chi connectivity index (χ1v) is 9.95. The monoisotopic (exact) mass is 420 g/mol. The van der Waals surface area contributed by atoms with Crippen LogP contribution in [0.4, 0.5) is 0 Å². The first kappa shape index (κ1) is 19.9. The molecule has 2 aromatic carbocycles. The van der Waals surface area contributed by atoms with E-state index in [1.165, 1.54) is 0 Å². The number of benzene rings is 2. The Labute approximate surface area is 179 Å². The lowest BCUT2D eigenvalue weighted by molar-refractivity contribution is -0.123. The van der Waals surface area contributed by atoms with Gasteiger partial charge in [-0.3, -0.25) is 4.79 Å². The number of fused-ring (bicyclic) bond motifs is 1. The molecule has 7 heteroatoms. The number of halogens is 1. The van der Waals surface area contributed by atoms with Crippen molar-refractivity contribution in [2.45, 2.75) is 20.4 Å². The molecule has 2 heterocycles. The van der Waals surface area contributed by atoms with Gasteiger partial charge in [0.25, 0.3) is 5.91 Å². The van der Waals surface area contributed by atoms with Crippen LogP contribution in [0.1, 0.15) is 16.8 Å². The van der Waals surface area contributed by atoms with Gasteiger partial charge in [-0.1, -0.05) is 41.9 Å². The van der Waals surface area contributed by atoms with Gasteiger partial charge in [0.15, 0.2) is 12.3 Å². The summed E-state index contributed by atoms with van der Waals surface area (Å²) in [7, 11) is 0. The van der Waals surface area contributed by atoms with Crippen molar-refractivity contribution in [3.63, 3.8) is 0 Å². The van der Waals surface area contributed by atoms with Crippen LogP contribution in [0, 0.1) is 13.8 Å². The fraction of sp³-hybridized carbons (Fsp3) is 0.174. The van der Waals surface area contributed by atoms with Crippen molar-refractivity contribution in [2.75, 3.05) is 6.61 Å². The van der Waals surface area contributed by atoms with Gasteiger partial charge in [-0.05, 0) is 49.2 Å². The summed E-state index contributed by atoms with van der Waals surface area (Å²) >= 11 is 5.88. The lowest BCUT2D eigenvalue weighted by Gasteiger charge is -2.09. The third-order valence-electron chi connectivity index (χ3n) is 4.74. The Hall–Kier alpha value is -3.38. The topological polar surface area (TPSA) is 69.0 Å². The third-order valence-corrected chi connectivity index (χ3v) is 4.99. The number of carbonyl (C=O) groups excluding carboxylic acids is 1. The highest BCUT2D eigenvalue weighted by Gasteiger charge is 2.15. The summed E-state index contributed by atoms with van der Waals surface area (Å²) in [5, 5.41) is 9.11. The molecule has 0 radical (unpaired) electrons. The molecule has 0 aliphatic heterocycles. The SMILES string of the molecule is Cc1cc(OCC(=O)NCc2ccc(Cl)cc2)nc2c1c(C)nn2-c1ccccc1. The molecule has 0 fully saturated rings. The Balaban J connectivity index is 1.49. The molecule has 0 unspecified atom stereocenters. The number of hydrogen-bond donors (Lipinski definition) is 1. The highest BCUT2D eigenvalue weighted by Crippen LogP contribution is 2.26. The van der Waals surface area contributed by atoms with Crippen molar-refractivity contribution in [2.24, 2.45) is 0 Å². The highest BCUT2D eigenvalue weighted by molar-refractivity contribution is 6.30. The number of aromatic nitrogens is 3. The summed E-state index contributed by atoms with van der Waals surface area (Å²) in [6.45, 7) is 4.23. The van der Waals surface area contributed by atoms with Crippen molar-refractivity contribution in [3.8, 4) is 11.6 Å². The summed E-state index contributed by atoms with van der Waals surface area (Å²) in [5.41, 5.74) is 4.48. The zero-order chi connectivity index (χ0) is 21.1. The third kappa shape index (κ3) is 4.28. The van der Waals surface area contributed by atoms with Gasteiger partial charge in [0.05, 0.1) is 11.4 Å². The predicted molar refractivity (Wildman–Crippen MR) is 117 cm³/mol. The zero-order valence-corrected chi connectivity index (χ0v) is 17.5. The molecule has 6 nitrogen and oxygen atoms in total. The fourth-order valence-corrected chi connectivity index (χ4v) is 3.42. The van der Waals surface area contributed by atoms with Crippen molar-refractivity contribution in [1.82, 2.24) is 20.1 Å². The van der Waals surface area contributed by atoms with Crippen LogP contribution in [-0.4, -0.2) is 27.3 Å². The minimum atomic E-state index is -0.225. The molecule has 0 bridgehead atoms. The maximum absolute atomic E-state index is 12.2. The molecule has 4 aromatic rings. The van der Waals surface area contributed by atoms with E-state index in [0.29, 0.717) is 23.1 Å². The molecule has 30 heavy (non-hydrogen) atoms. The van der Waals surface area contributed by atoms with Gasteiger partial charge in [-0.25, -0.2) is 4.68 Å². The average Bonchev–Trinajstić information content (AvgIpc) is 3.09. The maximum Gasteiger partial charge on any atom is 0.258 e. The molecule has 1 N–H and O–H groups in total. The van der Waals surface area contributed by atoms with E-state index >= 15 is 0 Å². The van der Waals surface area contributed by atoms with Gasteiger partial charge in [0, 0.05) is 23.0 Å². The Bertz CT molecular complexity index is 1190. The maximum atomic E-state index is 12.2. The second-order valence-corrected chi connectivity index (χ2v) is 7.44. The number of hydrogen-bond acceptors (Lipinski definition) is 4. The summed E-state index contributed by atoms with van der Waals surface area (Å²) in [6, 6.07) is 19.0. The number of rotatable bonds is 6. The number of pyridine rings is 1. The molecule has 0 atom stereocenters. The Morgan fingerprint density at radius 1 is 1.10 bits per heavy atom. The van der Waals surface area contributed by atoms with Crippen molar-refractivity contribution in [1.29, 1.82) is 0 Å². The highest BCUT2D eigenvalue weighted by atomic mass is 35.5.